The fourth-order valence-electron chi connectivity index (χ4n) is 3.42. The van der Waals surface area contributed by atoms with E-state index in [9.17, 15) is 0 Å². The van der Waals surface area contributed by atoms with E-state index in [1.165, 1.54) is 11.3 Å². The number of hydrogen-bond donors (Lipinski definition) is 2. The van der Waals surface area contributed by atoms with Crippen molar-refractivity contribution in [1.29, 1.82) is 0 Å². The first-order chi connectivity index (χ1) is 13.7. The van der Waals surface area contributed by atoms with E-state index in [2.05, 4.69) is 36.5 Å². The van der Waals surface area contributed by atoms with Crippen molar-refractivity contribution >= 4 is 35.6 Å². The van der Waals surface area contributed by atoms with Crippen LogP contribution in [0.5, 0.6) is 11.5 Å². The molecule has 2 N–H and O–H groups in total. The first-order valence-corrected chi connectivity index (χ1v) is 10.1. The van der Waals surface area contributed by atoms with Crippen molar-refractivity contribution in [2.24, 2.45) is 12.0 Å². The number of aryl methyl sites for hydroxylation is 2. The van der Waals surface area contributed by atoms with Gasteiger partial charge in [0.2, 0.25) is 0 Å². The highest BCUT2D eigenvalue weighted by molar-refractivity contribution is 14.0. The average Bonchev–Trinajstić information content (AvgIpc) is 2.85. The molecule has 160 valence electrons. The average molecular weight is 513 g/mol. The van der Waals surface area contributed by atoms with E-state index in [1.807, 2.05) is 29.9 Å². The zero-order valence-corrected chi connectivity index (χ0v) is 20.1. The third-order valence-electron chi connectivity index (χ3n) is 4.78. The highest BCUT2D eigenvalue weighted by Gasteiger charge is 2.14. The largest absolute Gasteiger partial charge is 0.490 e. The molecule has 1 aromatic heterocycles. The number of anilines is 1. The van der Waals surface area contributed by atoms with Gasteiger partial charge in [0.05, 0.1) is 25.5 Å². The molecule has 2 aromatic rings. The van der Waals surface area contributed by atoms with Crippen molar-refractivity contribution in [1.82, 2.24) is 15.1 Å². The molecule has 0 saturated heterocycles. The van der Waals surface area contributed by atoms with E-state index in [0.717, 1.165) is 54.6 Å². The number of hydrogen-bond acceptors (Lipinski definition) is 4. The van der Waals surface area contributed by atoms with Gasteiger partial charge in [-0.3, -0.25) is 4.68 Å². The Balaban J connectivity index is 0.00000300. The molecule has 0 aliphatic carbocycles. The van der Waals surface area contributed by atoms with E-state index >= 15 is 0 Å². The standard InChI is InChI=1S/C21H31N5O2.HI/c1-5-17-16(18(6-2)26(4)25-17)14-23-21(22-7-3)24-15-9-10-19-20(13-15)28-12-8-11-27-19;/h9-10,13H,5-8,11-12,14H2,1-4H3,(H2,22,23,24);1H. The number of benzene rings is 1. The van der Waals surface area contributed by atoms with Crippen LogP contribution in [0.25, 0.3) is 0 Å². The summed E-state index contributed by atoms with van der Waals surface area (Å²) in [6, 6.07) is 5.89. The highest BCUT2D eigenvalue weighted by Crippen LogP contribution is 2.32. The molecule has 0 radical (unpaired) electrons. The lowest BCUT2D eigenvalue weighted by atomic mass is 10.1. The summed E-state index contributed by atoms with van der Waals surface area (Å²) in [6.07, 6.45) is 2.75. The monoisotopic (exact) mass is 513 g/mol. The maximum absolute atomic E-state index is 5.79. The number of nitrogens with one attached hydrogen (secondary N) is 2. The lowest BCUT2D eigenvalue weighted by Gasteiger charge is -2.14. The van der Waals surface area contributed by atoms with E-state index < -0.39 is 0 Å². The molecule has 0 atom stereocenters. The highest BCUT2D eigenvalue weighted by atomic mass is 127. The summed E-state index contributed by atoms with van der Waals surface area (Å²) in [5.41, 5.74) is 4.51. The maximum atomic E-state index is 5.79. The van der Waals surface area contributed by atoms with Gasteiger partial charge in [-0.25, -0.2) is 4.99 Å². The molecule has 7 nitrogen and oxygen atoms in total. The van der Waals surface area contributed by atoms with Gasteiger partial charge in [-0.05, 0) is 31.9 Å². The Morgan fingerprint density at radius 2 is 1.90 bits per heavy atom. The van der Waals surface area contributed by atoms with Crippen LogP contribution in [0.15, 0.2) is 23.2 Å². The van der Waals surface area contributed by atoms with Crippen LogP contribution < -0.4 is 20.1 Å². The molecule has 3 rings (SSSR count). The van der Waals surface area contributed by atoms with Gasteiger partial charge < -0.3 is 20.1 Å². The molecular weight excluding hydrogens is 481 g/mol. The van der Waals surface area contributed by atoms with Crippen molar-refractivity contribution in [2.75, 3.05) is 25.1 Å². The fraction of sp³-hybridized carbons (Fsp3) is 0.524. The Morgan fingerprint density at radius 1 is 1.14 bits per heavy atom. The summed E-state index contributed by atoms with van der Waals surface area (Å²) in [4.78, 5) is 4.81. The molecule has 1 aliphatic rings. The summed E-state index contributed by atoms with van der Waals surface area (Å²) in [5.74, 6) is 2.30. The first kappa shape index (κ1) is 23.3. The Labute approximate surface area is 190 Å². The third kappa shape index (κ3) is 5.77. The summed E-state index contributed by atoms with van der Waals surface area (Å²) < 4.78 is 13.5. The van der Waals surface area contributed by atoms with Gasteiger partial charge in [0.25, 0.3) is 0 Å². The van der Waals surface area contributed by atoms with Crippen molar-refractivity contribution < 1.29 is 9.47 Å². The number of nitrogens with zero attached hydrogens (tertiary/aromatic N) is 3. The van der Waals surface area contributed by atoms with Crippen LogP contribution in [0.3, 0.4) is 0 Å². The molecule has 0 unspecified atom stereocenters. The van der Waals surface area contributed by atoms with Gasteiger partial charge in [0.15, 0.2) is 17.5 Å². The van der Waals surface area contributed by atoms with Crippen LogP contribution in [0.1, 0.15) is 44.1 Å². The molecule has 1 aliphatic heterocycles. The SMILES string of the molecule is CCNC(=NCc1c(CC)nn(C)c1CC)Nc1ccc2c(c1)OCCCO2.I. The minimum atomic E-state index is 0. The molecule has 0 saturated carbocycles. The maximum Gasteiger partial charge on any atom is 0.196 e. The molecule has 0 fully saturated rings. The summed E-state index contributed by atoms with van der Waals surface area (Å²) in [7, 11) is 2.01. The third-order valence-corrected chi connectivity index (χ3v) is 4.78. The quantitative estimate of drug-likeness (QED) is 0.348. The van der Waals surface area contributed by atoms with Gasteiger partial charge in [-0.15, -0.1) is 24.0 Å². The number of halogens is 1. The smallest absolute Gasteiger partial charge is 0.196 e. The number of rotatable bonds is 6. The molecule has 1 aromatic carbocycles. The summed E-state index contributed by atoms with van der Waals surface area (Å²) in [5, 5.41) is 11.3. The van der Waals surface area contributed by atoms with Crippen LogP contribution in [0.2, 0.25) is 0 Å². The van der Waals surface area contributed by atoms with Crippen LogP contribution in [0.4, 0.5) is 5.69 Å². The number of fused-ring (bicyclic) bond motifs is 1. The lowest BCUT2D eigenvalue weighted by Crippen LogP contribution is -2.30. The topological polar surface area (TPSA) is 72.7 Å². The molecule has 2 heterocycles. The molecular formula is C21H32IN5O2. The van der Waals surface area contributed by atoms with Gasteiger partial charge in [0, 0.05) is 43.0 Å². The van der Waals surface area contributed by atoms with Crippen molar-refractivity contribution in [3.63, 3.8) is 0 Å². The zero-order valence-electron chi connectivity index (χ0n) is 17.7. The van der Waals surface area contributed by atoms with Crippen molar-refractivity contribution in [3.05, 3.63) is 35.2 Å². The van der Waals surface area contributed by atoms with Gasteiger partial charge >= 0.3 is 0 Å². The predicted octanol–water partition coefficient (Wildman–Crippen LogP) is 3.90. The van der Waals surface area contributed by atoms with Gasteiger partial charge in [0.1, 0.15) is 0 Å². The second-order valence-corrected chi connectivity index (χ2v) is 6.73. The van der Waals surface area contributed by atoms with E-state index in [-0.39, 0.29) is 24.0 Å². The minimum absolute atomic E-state index is 0. The minimum Gasteiger partial charge on any atom is -0.490 e. The van der Waals surface area contributed by atoms with Crippen LogP contribution >= 0.6 is 24.0 Å². The molecule has 29 heavy (non-hydrogen) atoms. The normalized spacial score (nSPS) is 13.4. The number of aromatic nitrogens is 2. The second kappa shape index (κ2) is 11.3. The fourth-order valence-corrected chi connectivity index (χ4v) is 3.42. The van der Waals surface area contributed by atoms with Crippen molar-refractivity contribution in [3.8, 4) is 11.5 Å². The number of guanidine groups is 1. The molecule has 8 heteroatoms. The molecule has 0 bridgehead atoms. The van der Waals surface area contributed by atoms with E-state index in [0.29, 0.717) is 19.8 Å². The Hall–Kier alpha value is -1.97. The van der Waals surface area contributed by atoms with E-state index in [1.54, 1.807) is 0 Å². The Morgan fingerprint density at radius 3 is 2.59 bits per heavy atom. The van der Waals surface area contributed by atoms with Gasteiger partial charge in [-0.2, -0.15) is 5.10 Å². The summed E-state index contributed by atoms with van der Waals surface area (Å²) in [6.45, 7) is 9.09. The predicted molar refractivity (Wildman–Crippen MR) is 128 cm³/mol. The van der Waals surface area contributed by atoms with Crippen molar-refractivity contribution in [2.45, 2.75) is 46.6 Å². The molecule has 0 amide bonds. The van der Waals surface area contributed by atoms with E-state index in [4.69, 9.17) is 14.5 Å². The Bertz CT molecular complexity index is 835. The number of ether oxygens (including phenoxy) is 2. The molecule has 0 spiro atoms. The lowest BCUT2D eigenvalue weighted by molar-refractivity contribution is 0.297. The van der Waals surface area contributed by atoms with Crippen LogP contribution in [-0.2, 0) is 26.4 Å². The summed E-state index contributed by atoms with van der Waals surface area (Å²) >= 11 is 0. The van der Waals surface area contributed by atoms with Gasteiger partial charge in [-0.1, -0.05) is 13.8 Å². The first-order valence-electron chi connectivity index (χ1n) is 10.1. The Kier molecular flexibility index (Phi) is 9.06. The second-order valence-electron chi connectivity index (χ2n) is 6.73. The zero-order chi connectivity index (χ0) is 19.9. The number of aliphatic imine (C=N–C) groups is 1. The van der Waals surface area contributed by atoms with Crippen LogP contribution in [0, 0.1) is 0 Å². The van der Waals surface area contributed by atoms with Crippen LogP contribution in [-0.4, -0.2) is 35.5 Å².